The molecule has 0 bridgehead atoms. The van der Waals surface area contributed by atoms with Gasteiger partial charge in [0.25, 0.3) is 0 Å². The fraction of sp³-hybridized carbons (Fsp3) is 0.926. The van der Waals surface area contributed by atoms with Crippen LogP contribution in [0.2, 0.25) is 0 Å². The van der Waals surface area contributed by atoms with Crippen molar-refractivity contribution in [1.29, 1.82) is 0 Å². The van der Waals surface area contributed by atoms with Crippen molar-refractivity contribution in [2.24, 2.45) is 5.92 Å². The maximum absolute atomic E-state index is 11.7. The van der Waals surface area contributed by atoms with Gasteiger partial charge >= 0.3 is 11.9 Å². The summed E-state index contributed by atoms with van der Waals surface area (Å²) < 4.78 is 10.4. The van der Waals surface area contributed by atoms with Gasteiger partial charge in [0, 0.05) is 12.8 Å². The molecule has 0 aromatic heterocycles. The predicted molar refractivity (Wildman–Crippen MR) is 130 cm³/mol. The van der Waals surface area contributed by atoms with Gasteiger partial charge in [-0.15, -0.1) is 0 Å². The molecule has 184 valence electrons. The van der Waals surface area contributed by atoms with Gasteiger partial charge in [-0.2, -0.15) is 0 Å². The minimum atomic E-state index is -0.205. The third-order valence-corrected chi connectivity index (χ3v) is 5.71. The third-order valence-electron chi connectivity index (χ3n) is 5.71. The zero-order valence-electron chi connectivity index (χ0n) is 21.1. The zero-order chi connectivity index (χ0) is 23.0. The summed E-state index contributed by atoms with van der Waals surface area (Å²) in [4.78, 5) is 23.3. The quantitative estimate of drug-likeness (QED) is 0.119. The number of esters is 2. The van der Waals surface area contributed by atoms with Crippen molar-refractivity contribution in [3.05, 3.63) is 0 Å². The van der Waals surface area contributed by atoms with Gasteiger partial charge in [-0.3, -0.25) is 9.59 Å². The summed E-state index contributed by atoms with van der Waals surface area (Å²) >= 11 is 0. The molecule has 0 heterocycles. The van der Waals surface area contributed by atoms with Crippen molar-refractivity contribution in [2.45, 2.75) is 143 Å². The van der Waals surface area contributed by atoms with Crippen LogP contribution in [0.1, 0.15) is 143 Å². The standard InChI is InChI=1S/C27H52O4/c1-4-5-6-7-8-9-10-11-12-13-14-15-16-17-23-30-26(28)21-18-22-27(29)31-24-19-20-25(2)3/h25H,4-24H2,1-3H3. The zero-order valence-corrected chi connectivity index (χ0v) is 21.1. The summed E-state index contributed by atoms with van der Waals surface area (Å²) in [5, 5.41) is 0. The summed E-state index contributed by atoms with van der Waals surface area (Å²) in [5.41, 5.74) is 0. The summed E-state index contributed by atoms with van der Waals surface area (Å²) in [6, 6.07) is 0. The molecular weight excluding hydrogens is 388 g/mol. The van der Waals surface area contributed by atoms with E-state index in [1.54, 1.807) is 0 Å². The second-order valence-corrected chi connectivity index (χ2v) is 9.43. The lowest BCUT2D eigenvalue weighted by atomic mass is 10.0. The molecule has 0 aliphatic carbocycles. The molecule has 0 amide bonds. The van der Waals surface area contributed by atoms with Gasteiger partial charge in [-0.05, 0) is 31.6 Å². The average Bonchev–Trinajstić information content (AvgIpc) is 2.74. The Morgan fingerprint density at radius 1 is 0.548 bits per heavy atom. The molecule has 0 aliphatic rings. The van der Waals surface area contributed by atoms with Crippen LogP contribution in [0, 0.1) is 5.92 Å². The fourth-order valence-corrected chi connectivity index (χ4v) is 3.68. The molecule has 0 aromatic carbocycles. The summed E-state index contributed by atoms with van der Waals surface area (Å²) in [7, 11) is 0. The van der Waals surface area contributed by atoms with Crippen LogP contribution in [-0.2, 0) is 19.1 Å². The SMILES string of the molecule is CCCCCCCCCCCCCCCCOC(=O)CCCC(=O)OCCCC(C)C. The first-order valence-electron chi connectivity index (χ1n) is 13.4. The van der Waals surface area contributed by atoms with E-state index in [0.717, 1.165) is 25.7 Å². The molecule has 0 radical (unpaired) electrons. The molecule has 0 aliphatic heterocycles. The van der Waals surface area contributed by atoms with Crippen LogP contribution < -0.4 is 0 Å². The first kappa shape index (κ1) is 29.9. The highest BCUT2D eigenvalue weighted by atomic mass is 16.5. The number of carbonyl (C=O) groups excluding carboxylic acids is 2. The highest BCUT2D eigenvalue weighted by molar-refractivity contribution is 5.72. The van der Waals surface area contributed by atoms with Crippen molar-refractivity contribution in [3.63, 3.8) is 0 Å². The smallest absolute Gasteiger partial charge is 0.305 e. The lowest BCUT2D eigenvalue weighted by Crippen LogP contribution is -2.09. The molecule has 0 aromatic rings. The normalized spacial score (nSPS) is 11.1. The topological polar surface area (TPSA) is 52.6 Å². The lowest BCUT2D eigenvalue weighted by molar-refractivity contribution is -0.145. The van der Waals surface area contributed by atoms with E-state index in [1.165, 1.54) is 77.0 Å². The van der Waals surface area contributed by atoms with Crippen LogP contribution in [-0.4, -0.2) is 25.2 Å². The summed E-state index contributed by atoms with van der Waals surface area (Å²) in [6.45, 7) is 7.58. The first-order chi connectivity index (χ1) is 15.1. The van der Waals surface area contributed by atoms with E-state index in [2.05, 4.69) is 20.8 Å². The molecular formula is C27H52O4. The Hall–Kier alpha value is -1.06. The maximum atomic E-state index is 11.7. The van der Waals surface area contributed by atoms with Gasteiger partial charge in [0.2, 0.25) is 0 Å². The molecule has 4 nitrogen and oxygen atoms in total. The summed E-state index contributed by atoms with van der Waals surface area (Å²) in [6.07, 6.45) is 21.6. The van der Waals surface area contributed by atoms with Crippen LogP contribution >= 0.6 is 0 Å². The van der Waals surface area contributed by atoms with Gasteiger partial charge in [-0.25, -0.2) is 0 Å². The van der Waals surface area contributed by atoms with E-state index < -0.39 is 0 Å². The largest absolute Gasteiger partial charge is 0.466 e. The molecule has 31 heavy (non-hydrogen) atoms. The van der Waals surface area contributed by atoms with Crippen molar-refractivity contribution < 1.29 is 19.1 Å². The fourth-order valence-electron chi connectivity index (χ4n) is 3.68. The second kappa shape index (κ2) is 23.6. The molecule has 0 N–H and O–H groups in total. The van der Waals surface area contributed by atoms with Gasteiger partial charge in [0.1, 0.15) is 0 Å². The monoisotopic (exact) mass is 440 g/mol. The molecule has 0 spiro atoms. The van der Waals surface area contributed by atoms with Gasteiger partial charge in [0.05, 0.1) is 13.2 Å². The Morgan fingerprint density at radius 2 is 0.935 bits per heavy atom. The Balaban J connectivity index is 3.26. The number of ether oxygens (including phenoxy) is 2. The molecule has 0 fully saturated rings. The van der Waals surface area contributed by atoms with Crippen molar-refractivity contribution >= 4 is 11.9 Å². The number of rotatable bonds is 23. The first-order valence-corrected chi connectivity index (χ1v) is 13.4. The number of carbonyl (C=O) groups is 2. The van der Waals surface area contributed by atoms with E-state index in [0.29, 0.717) is 38.4 Å². The minimum Gasteiger partial charge on any atom is -0.466 e. The van der Waals surface area contributed by atoms with Crippen LogP contribution in [0.25, 0.3) is 0 Å². The third kappa shape index (κ3) is 25.1. The highest BCUT2D eigenvalue weighted by Crippen LogP contribution is 2.13. The lowest BCUT2D eigenvalue weighted by Gasteiger charge is -2.07. The Bertz CT molecular complexity index is 406. The average molecular weight is 441 g/mol. The van der Waals surface area contributed by atoms with Crippen molar-refractivity contribution in [2.75, 3.05) is 13.2 Å². The van der Waals surface area contributed by atoms with E-state index >= 15 is 0 Å². The Labute approximate surface area is 193 Å². The molecule has 0 atom stereocenters. The van der Waals surface area contributed by atoms with Crippen molar-refractivity contribution in [3.8, 4) is 0 Å². The summed E-state index contributed by atoms with van der Waals surface area (Å²) in [5.74, 6) is 0.235. The molecule has 0 unspecified atom stereocenters. The van der Waals surface area contributed by atoms with E-state index in [-0.39, 0.29) is 11.9 Å². The van der Waals surface area contributed by atoms with E-state index in [1.807, 2.05) is 0 Å². The highest BCUT2D eigenvalue weighted by Gasteiger charge is 2.07. The maximum Gasteiger partial charge on any atom is 0.305 e. The predicted octanol–water partition coefficient (Wildman–Crippen LogP) is 8.16. The van der Waals surface area contributed by atoms with Crippen LogP contribution in [0.3, 0.4) is 0 Å². The van der Waals surface area contributed by atoms with Gasteiger partial charge < -0.3 is 9.47 Å². The Morgan fingerprint density at radius 3 is 1.35 bits per heavy atom. The molecule has 0 saturated heterocycles. The van der Waals surface area contributed by atoms with Crippen LogP contribution in [0.5, 0.6) is 0 Å². The Kier molecular flexibility index (Phi) is 22.8. The molecule has 0 rings (SSSR count). The van der Waals surface area contributed by atoms with E-state index in [9.17, 15) is 9.59 Å². The van der Waals surface area contributed by atoms with E-state index in [4.69, 9.17) is 9.47 Å². The van der Waals surface area contributed by atoms with Gasteiger partial charge in [-0.1, -0.05) is 104 Å². The van der Waals surface area contributed by atoms with Crippen molar-refractivity contribution in [1.82, 2.24) is 0 Å². The van der Waals surface area contributed by atoms with Crippen LogP contribution in [0.4, 0.5) is 0 Å². The number of hydrogen-bond donors (Lipinski definition) is 0. The second-order valence-electron chi connectivity index (χ2n) is 9.43. The number of hydrogen-bond acceptors (Lipinski definition) is 4. The minimum absolute atomic E-state index is 0.192. The molecule has 4 heteroatoms. The van der Waals surface area contributed by atoms with Crippen LogP contribution in [0.15, 0.2) is 0 Å². The number of unbranched alkanes of at least 4 members (excludes halogenated alkanes) is 13. The molecule has 0 saturated carbocycles. The van der Waals surface area contributed by atoms with Gasteiger partial charge in [0.15, 0.2) is 0 Å².